The van der Waals surface area contributed by atoms with Crippen LogP contribution in [0.1, 0.15) is 30.1 Å². The molecule has 0 saturated heterocycles. The third kappa shape index (κ3) is 2.77. The van der Waals surface area contributed by atoms with E-state index in [1.165, 1.54) is 0 Å². The average molecular weight is 235 g/mol. The van der Waals surface area contributed by atoms with Gasteiger partial charge in [-0.1, -0.05) is 6.07 Å². The largest absolute Gasteiger partial charge is 0.493 e. The summed E-state index contributed by atoms with van der Waals surface area (Å²) in [4.78, 5) is 11.0. The molecule has 0 spiro atoms. The van der Waals surface area contributed by atoms with Gasteiger partial charge >= 0.3 is 0 Å². The minimum absolute atomic E-state index is 0.0263. The molecule has 1 atom stereocenters. The first kappa shape index (κ1) is 11.9. The first-order valence-electron chi connectivity index (χ1n) is 5.85. The van der Waals surface area contributed by atoms with Gasteiger partial charge in [-0.15, -0.1) is 0 Å². The van der Waals surface area contributed by atoms with Crippen LogP contribution in [-0.2, 0) is 11.2 Å². The van der Waals surface area contributed by atoms with Crippen molar-refractivity contribution >= 4 is 5.91 Å². The molecule has 4 heteroatoms. The van der Waals surface area contributed by atoms with E-state index in [9.17, 15) is 9.90 Å². The monoisotopic (exact) mass is 235 g/mol. The molecule has 1 aliphatic carbocycles. The number of amides is 1. The molecule has 4 nitrogen and oxygen atoms in total. The number of ether oxygens (including phenoxy) is 1. The van der Waals surface area contributed by atoms with E-state index in [2.05, 4.69) is 5.32 Å². The van der Waals surface area contributed by atoms with Gasteiger partial charge in [0, 0.05) is 7.05 Å². The number of fused-ring (bicyclic) bond motifs is 1. The summed E-state index contributed by atoms with van der Waals surface area (Å²) in [6, 6.07) is 5.70. The van der Waals surface area contributed by atoms with Crippen LogP contribution in [0.5, 0.6) is 5.75 Å². The van der Waals surface area contributed by atoms with E-state index in [4.69, 9.17) is 4.74 Å². The molecule has 2 N–H and O–H groups in total. The van der Waals surface area contributed by atoms with Crippen molar-refractivity contribution in [2.75, 3.05) is 13.7 Å². The molecule has 0 heterocycles. The van der Waals surface area contributed by atoms with Gasteiger partial charge in [0.05, 0.1) is 19.1 Å². The first-order valence-corrected chi connectivity index (χ1v) is 5.85. The summed E-state index contributed by atoms with van der Waals surface area (Å²) >= 11 is 0. The van der Waals surface area contributed by atoms with Crippen LogP contribution in [0.15, 0.2) is 18.2 Å². The van der Waals surface area contributed by atoms with Gasteiger partial charge in [-0.2, -0.15) is 0 Å². The van der Waals surface area contributed by atoms with Crippen molar-refractivity contribution in [2.45, 2.75) is 25.4 Å². The number of hydrogen-bond acceptors (Lipinski definition) is 3. The highest BCUT2D eigenvalue weighted by Crippen LogP contribution is 2.33. The molecule has 1 aliphatic rings. The minimum Gasteiger partial charge on any atom is -0.493 e. The van der Waals surface area contributed by atoms with Crippen LogP contribution in [0.2, 0.25) is 0 Å². The predicted molar refractivity (Wildman–Crippen MR) is 63.9 cm³/mol. The number of benzene rings is 1. The van der Waals surface area contributed by atoms with Crippen molar-refractivity contribution in [3.05, 3.63) is 29.3 Å². The van der Waals surface area contributed by atoms with Crippen molar-refractivity contribution in [1.82, 2.24) is 5.32 Å². The van der Waals surface area contributed by atoms with Gasteiger partial charge in [0.15, 0.2) is 0 Å². The molecular weight excluding hydrogens is 218 g/mol. The Morgan fingerprint density at radius 1 is 1.59 bits per heavy atom. The van der Waals surface area contributed by atoms with Gasteiger partial charge in [-0.3, -0.25) is 4.79 Å². The van der Waals surface area contributed by atoms with Gasteiger partial charge in [0.2, 0.25) is 5.91 Å². The van der Waals surface area contributed by atoms with E-state index in [1.54, 1.807) is 7.05 Å². The number of aryl methyl sites for hydroxylation is 1. The number of carbonyl (C=O) groups excluding carboxylic acids is 1. The summed E-state index contributed by atoms with van der Waals surface area (Å²) in [6.07, 6.45) is 1.71. The Balaban J connectivity index is 1.92. The molecule has 17 heavy (non-hydrogen) atoms. The summed E-state index contributed by atoms with van der Waals surface area (Å²) in [5, 5.41) is 12.2. The van der Waals surface area contributed by atoms with E-state index < -0.39 is 0 Å². The lowest BCUT2D eigenvalue weighted by Crippen LogP contribution is -2.20. The SMILES string of the molecule is CNC(=O)CCOc1ccc2c(c1)CC[C@@H]2O. The molecule has 92 valence electrons. The summed E-state index contributed by atoms with van der Waals surface area (Å²) in [5.74, 6) is 0.739. The van der Waals surface area contributed by atoms with Gasteiger partial charge in [0.25, 0.3) is 0 Å². The molecule has 0 aromatic heterocycles. The molecule has 0 aliphatic heterocycles. The normalized spacial score (nSPS) is 17.6. The Kier molecular flexibility index (Phi) is 3.64. The second-order valence-corrected chi connectivity index (χ2v) is 4.19. The molecule has 2 rings (SSSR count). The molecular formula is C13H17NO3. The number of aliphatic hydroxyl groups is 1. The molecule has 0 unspecified atom stereocenters. The van der Waals surface area contributed by atoms with Crippen LogP contribution in [0.4, 0.5) is 0 Å². The summed E-state index contributed by atoms with van der Waals surface area (Å²) in [6.45, 7) is 0.376. The second-order valence-electron chi connectivity index (χ2n) is 4.19. The Bertz CT molecular complexity index is 417. The standard InChI is InChI=1S/C13H17NO3/c1-14-13(16)6-7-17-10-3-4-11-9(8-10)2-5-12(11)15/h3-4,8,12,15H,2,5-7H2,1H3,(H,14,16)/t12-/m0/s1. The lowest BCUT2D eigenvalue weighted by Gasteiger charge is -2.08. The molecule has 0 bridgehead atoms. The zero-order valence-corrected chi connectivity index (χ0v) is 9.90. The number of nitrogens with one attached hydrogen (secondary N) is 1. The topological polar surface area (TPSA) is 58.6 Å². The highest BCUT2D eigenvalue weighted by molar-refractivity contribution is 5.75. The van der Waals surface area contributed by atoms with E-state index in [0.717, 1.165) is 29.7 Å². The Labute approximate surface area is 101 Å². The predicted octanol–water partition coefficient (Wildman–Crippen LogP) is 1.18. The lowest BCUT2D eigenvalue weighted by atomic mass is 10.1. The van der Waals surface area contributed by atoms with Crippen LogP contribution in [0, 0.1) is 0 Å². The zero-order valence-electron chi connectivity index (χ0n) is 9.90. The van der Waals surface area contributed by atoms with Gasteiger partial charge in [-0.05, 0) is 36.1 Å². The van der Waals surface area contributed by atoms with E-state index in [1.807, 2.05) is 18.2 Å². The van der Waals surface area contributed by atoms with Gasteiger partial charge in [-0.25, -0.2) is 0 Å². The first-order chi connectivity index (χ1) is 8.20. The summed E-state index contributed by atoms with van der Waals surface area (Å²) in [7, 11) is 1.61. The quantitative estimate of drug-likeness (QED) is 0.824. The molecule has 1 aromatic carbocycles. The number of carbonyl (C=O) groups is 1. The number of aliphatic hydroxyl groups excluding tert-OH is 1. The highest BCUT2D eigenvalue weighted by atomic mass is 16.5. The molecule has 0 fully saturated rings. The summed E-state index contributed by atoms with van der Waals surface area (Å²) < 4.78 is 5.50. The number of rotatable bonds is 4. The fraction of sp³-hybridized carbons (Fsp3) is 0.462. The van der Waals surface area contributed by atoms with E-state index >= 15 is 0 Å². The maximum absolute atomic E-state index is 11.0. The highest BCUT2D eigenvalue weighted by Gasteiger charge is 2.20. The molecule has 1 aromatic rings. The number of hydrogen-bond donors (Lipinski definition) is 2. The third-order valence-corrected chi connectivity index (χ3v) is 3.04. The van der Waals surface area contributed by atoms with Crippen LogP contribution < -0.4 is 10.1 Å². The Morgan fingerprint density at radius 3 is 3.18 bits per heavy atom. The van der Waals surface area contributed by atoms with Crippen LogP contribution in [-0.4, -0.2) is 24.7 Å². The smallest absolute Gasteiger partial charge is 0.223 e. The zero-order chi connectivity index (χ0) is 12.3. The Morgan fingerprint density at radius 2 is 2.41 bits per heavy atom. The maximum Gasteiger partial charge on any atom is 0.223 e. The summed E-state index contributed by atoms with van der Waals surface area (Å²) in [5.41, 5.74) is 2.15. The van der Waals surface area contributed by atoms with Crippen LogP contribution in [0.3, 0.4) is 0 Å². The van der Waals surface area contributed by atoms with E-state index in [-0.39, 0.29) is 12.0 Å². The van der Waals surface area contributed by atoms with Gasteiger partial charge in [0.1, 0.15) is 5.75 Å². The maximum atomic E-state index is 11.0. The van der Waals surface area contributed by atoms with Crippen LogP contribution >= 0.6 is 0 Å². The molecule has 1 amide bonds. The third-order valence-electron chi connectivity index (χ3n) is 3.04. The molecule has 0 saturated carbocycles. The van der Waals surface area contributed by atoms with Crippen molar-refractivity contribution in [1.29, 1.82) is 0 Å². The second kappa shape index (κ2) is 5.19. The Hall–Kier alpha value is -1.55. The molecule has 0 radical (unpaired) electrons. The average Bonchev–Trinajstić information content (AvgIpc) is 2.70. The van der Waals surface area contributed by atoms with Crippen molar-refractivity contribution in [3.8, 4) is 5.75 Å². The fourth-order valence-electron chi connectivity index (χ4n) is 2.05. The minimum atomic E-state index is -0.329. The van der Waals surface area contributed by atoms with Crippen molar-refractivity contribution in [2.24, 2.45) is 0 Å². The van der Waals surface area contributed by atoms with Crippen molar-refractivity contribution < 1.29 is 14.6 Å². The van der Waals surface area contributed by atoms with Crippen LogP contribution in [0.25, 0.3) is 0 Å². The van der Waals surface area contributed by atoms with Crippen molar-refractivity contribution in [3.63, 3.8) is 0 Å². The van der Waals surface area contributed by atoms with E-state index in [0.29, 0.717) is 13.0 Å². The van der Waals surface area contributed by atoms with Gasteiger partial charge < -0.3 is 15.2 Å². The lowest BCUT2D eigenvalue weighted by molar-refractivity contribution is -0.121. The fourth-order valence-corrected chi connectivity index (χ4v) is 2.05.